The van der Waals surface area contributed by atoms with Gasteiger partial charge in [0, 0.05) is 13.6 Å². The molecule has 0 N–H and O–H groups in total. The SMILES string of the molecule is CN(Cc1ccsc1)C(=O)COC(=O)c1ccc(CN2C(=O)c3ccccc3C2=O)cc1. The van der Waals surface area contributed by atoms with Crippen LogP contribution in [0.3, 0.4) is 0 Å². The van der Waals surface area contributed by atoms with E-state index in [9.17, 15) is 19.2 Å². The molecule has 1 aromatic heterocycles. The molecule has 3 aromatic rings. The fourth-order valence-electron chi connectivity index (χ4n) is 3.38. The van der Waals surface area contributed by atoms with Gasteiger partial charge in [-0.3, -0.25) is 19.3 Å². The number of benzene rings is 2. The fourth-order valence-corrected chi connectivity index (χ4v) is 4.04. The maximum atomic E-state index is 12.5. The summed E-state index contributed by atoms with van der Waals surface area (Å²) in [5.74, 6) is -1.58. The van der Waals surface area contributed by atoms with Gasteiger partial charge < -0.3 is 9.64 Å². The van der Waals surface area contributed by atoms with Gasteiger partial charge in [0.15, 0.2) is 6.61 Å². The van der Waals surface area contributed by atoms with Crippen molar-refractivity contribution in [1.29, 1.82) is 0 Å². The lowest BCUT2D eigenvalue weighted by atomic mass is 10.1. The Kier molecular flexibility index (Phi) is 6.13. The van der Waals surface area contributed by atoms with Gasteiger partial charge in [0.25, 0.3) is 17.7 Å². The number of rotatable bonds is 7. The minimum Gasteiger partial charge on any atom is -0.452 e. The van der Waals surface area contributed by atoms with E-state index in [-0.39, 0.29) is 36.4 Å². The highest BCUT2D eigenvalue weighted by Crippen LogP contribution is 2.24. The second-order valence-corrected chi connectivity index (χ2v) is 8.18. The van der Waals surface area contributed by atoms with Gasteiger partial charge in [-0.25, -0.2) is 4.79 Å². The number of thiophene rings is 1. The highest BCUT2D eigenvalue weighted by atomic mass is 32.1. The normalized spacial score (nSPS) is 12.6. The number of likely N-dealkylation sites (N-methyl/N-ethyl adjacent to an activating group) is 1. The van der Waals surface area contributed by atoms with E-state index in [2.05, 4.69) is 0 Å². The van der Waals surface area contributed by atoms with Crippen molar-refractivity contribution in [2.75, 3.05) is 13.7 Å². The average Bonchev–Trinajstić information content (AvgIpc) is 3.40. The maximum Gasteiger partial charge on any atom is 0.338 e. The van der Waals surface area contributed by atoms with E-state index >= 15 is 0 Å². The van der Waals surface area contributed by atoms with Gasteiger partial charge in [-0.15, -0.1) is 0 Å². The molecule has 0 fully saturated rings. The molecule has 8 heteroatoms. The quantitative estimate of drug-likeness (QED) is 0.409. The van der Waals surface area contributed by atoms with Crippen molar-refractivity contribution in [2.45, 2.75) is 13.1 Å². The van der Waals surface area contributed by atoms with Crippen molar-refractivity contribution >= 4 is 35.0 Å². The van der Waals surface area contributed by atoms with Crippen LogP contribution >= 0.6 is 11.3 Å². The number of imide groups is 1. The lowest BCUT2D eigenvalue weighted by Crippen LogP contribution is -2.30. The number of hydrogen-bond donors (Lipinski definition) is 0. The summed E-state index contributed by atoms with van der Waals surface area (Å²) in [5, 5.41) is 3.89. The first-order valence-corrected chi connectivity index (χ1v) is 10.8. The van der Waals surface area contributed by atoms with E-state index in [1.807, 2.05) is 16.8 Å². The predicted molar refractivity (Wildman–Crippen MR) is 118 cm³/mol. The molecular formula is C24H20N2O5S. The smallest absolute Gasteiger partial charge is 0.338 e. The first-order valence-electron chi connectivity index (χ1n) is 9.90. The molecule has 0 bridgehead atoms. The molecule has 0 aliphatic carbocycles. The van der Waals surface area contributed by atoms with Gasteiger partial charge in [-0.1, -0.05) is 24.3 Å². The highest BCUT2D eigenvalue weighted by molar-refractivity contribution is 7.07. The molecule has 1 aliphatic rings. The largest absolute Gasteiger partial charge is 0.452 e. The average molecular weight is 449 g/mol. The number of amides is 3. The zero-order chi connectivity index (χ0) is 22.7. The number of carbonyl (C=O) groups is 4. The topological polar surface area (TPSA) is 84.0 Å². The van der Waals surface area contributed by atoms with E-state index in [4.69, 9.17) is 4.74 Å². The van der Waals surface area contributed by atoms with E-state index < -0.39 is 5.97 Å². The number of carbonyl (C=O) groups excluding carboxylic acids is 4. The Balaban J connectivity index is 1.32. The number of ether oxygens (including phenoxy) is 1. The molecule has 2 aromatic carbocycles. The minimum atomic E-state index is -0.616. The van der Waals surface area contributed by atoms with Crippen LogP contribution in [0.5, 0.6) is 0 Å². The van der Waals surface area contributed by atoms with E-state index in [0.717, 1.165) is 5.56 Å². The monoisotopic (exact) mass is 448 g/mol. The van der Waals surface area contributed by atoms with Crippen LogP contribution in [-0.4, -0.2) is 47.1 Å². The Hall–Kier alpha value is -3.78. The van der Waals surface area contributed by atoms with Gasteiger partial charge >= 0.3 is 5.97 Å². The summed E-state index contributed by atoms with van der Waals surface area (Å²) in [6, 6.07) is 15.1. The van der Waals surface area contributed by atoms with Crippen LogP contribution in [0.4, 0.5) is 0 Å². The van der Waals surface area contributed by atoms with Crippen LogP contribution in [0.25, 0.3) is 0 Å². The zero-order valence-corrected chi connectivity index (χ0v) is 18.1. The lowest BCUT2D eigenvalue weighted by molar-refractivity contribution is -0.133. The van der Waals surface area contributed by atoms with Crippen molar-refractivity contribution in [2.24, 2.45) is 0 Å². The van der Waals surface area contributed by atoms with E-state index in [1.165, 1.54) is 9.80 Å². The third-order valence-electron chi connectivity index (χ3n) is 5.16. The van der Waals surface area contributed by atoms with Gasteiger partial charge in [0.2, 0.25) is 0 Å². The molecule has 0 saturated heterocycles. The number of fused-ring (bicyclic) bond motifs is 1. The van der Waals surface area contributed by atoms with Crippen LogP contribution in [-0.2, 0) is 22.6 Å². The van der Waals surface area contributed by atoms with Crippen LogP contribution < -0.4 is 0 Å². The molecule has 0 radical (unpaired) electrons. The molecule has 32 heavy (non-hydrogen) atoms. The van der Waals surface area contributed by atoms with Crippen molar-refractivity contribution in [3.8, 4) is 0 Å². The zero-order valence-electron chi connectivity index (χ0n) is 17.3. The Bertz CT molecular complexity index is 1140. The van der Waals surface area contributed by atoms with Crippen molar-refractivity contribution < 1.29 is 23.9 Å². The van der Waals surface area contributed by atoms with Gasteiger partial charge in [0.1, 0.15) is 0 Å². The van der Waals surface area contributed by atoms with E-state index in [1.54, 1.807) is 66.9 Å². The molecule has 7 nitrogen and oxygen atoms in total. The Morgan fingerprint density at radius 2 is 1.59 bits per heavy atom. The molecule has 1 aliphatic heterocycles. The molecule has 2 heterocycles. The summed E-state index contributed by atoms with van der Waals surface area (Å²) < 4.78 is 5.13. The lowest BCUT2D eigenvalue weighted by Gasteiger charge is -2.16. The second kappa shape index (κ2) is 9.15. The minimum absolute atomic E-state index is 0.105. The predicted octanol–water partition coefficient (Wildman–Crippen LogP) is 3.36. The van der Waals surface area contributed by atoms with Gasteiger partial charge in [0.05, 0.1) is 23.2 Å². The standard InChI is InChI=1S/C24H20N2O5S/c1-25(12-17-10-11-32-15-17)21(27)14-31-24(30)18-8-6-16(7-9-18)13-26-22(28)19-4-2-3-5-20(19)23(26)29/h2-11,15H,12-14H2,1H3. The summed E-state index contributed by atoms with van der Waals surface area (Å²) >= 11 is 1.55. The first-order chi connectivity index (χ1) is 15.4. The van der Waals surface area contributed by atoms with Crippen molar-refractivity contribution in [3.63, 3.8) is 0 Å². The maximum absolute atomic E-state index is 12.5. The summed E-state index contributed by atoms with van der Waals surface area (Å²) in [6.07, 6.45) is 0. The molecule has 0 saturated carbocycles. The molecule has 162 valence electrons. The second-order valence-electron chi connectivity index (χ2n) is 7.40. The molecule has 3 amide bonds. The number of hydrogen-bond acceptors (Lipinski definition) is 6. The molecular weight excluding hydrogens is 428 g/mol. The summed E-state index contributed by atoms with van der Waals surface area (Å²) in [7, 11) is 1.65. The van der Waals surface area contributed by atoms with Crippen molar-refractivity contribution in [1.82, 2.24) is 9.80 Å². The highest BCUT2D eigenvalue weighted by Gasteiger charge is 2.34. The molecule has 0 spiro atoms. The summed E-state index contributed by atoms with van der Waals surface area (Å²) in [4.78, 5) is 52.1. The third kappa shape index (κ3) is 4.45. The fraction of sp³-hybridized carbons (Fsp3) is 0.167. The summed E-state index contributed by atoms with van der Waals surface area (Å²) in [6.45, 7) is 0.205. The van der Waals surface area contributed by atoms with Crippen LogP contribution in [0, 0.1) is 0 Å². The molecule has 0 unspecified atom stereocenters. The Morgan fingerprint density at radius 3 is 2.19 bits per heavy atom. The number of nitrogens with zero attached hydrogens (tertiary/aromatic N) is 2. The van der Waals surface area contributed by atoms with Crippen LogP contribution in [0.15, 0.2) is 65.4 Å². The number of esters is 1. The Morgan fingerprint density at radius 1 is 0.938 bits per heavy atom. The molecule has 0 atom stereocenters. The first kappa shape index (κ1) is 21.5. The van der Waals surface area contributed by atoms with Crippen LogP contribution in [0.1, 0.15) is 42.2 Å². The van der Waals surface area contributed by atoms with E-state index in [0.29, 0.717) is 23.2 Å². The summed E-state index contributed by atoms with van der Waals surface area (Å²) in [5.41, 5.74) is 2.79. The van der Waals surface area contributed by atoms with Gasteiger partial charge in [-0.2, -0.15) is 11.3 Å². The van der Waals surface area contributed by atoms with Gasteiger partial charge in [-0.05, 0) is 52.2 Å². The van der Waals surface area contributed by atoms with Crippen LogP contribution in [0.2, 0.25) is 0 Å². The van der Waals surface area contributed by atoms with Crippen molar-refractivity contribution in [3.05, 3.63) is 93.2 Å². The molecule has 4 rings (SSSR count). The third-order valence-corrected chi connectivity index (χ3v) is 5.89. The Labute approximate surface area is 188 Å².